The summed E-state index contributed by atoms with van der Waals surface area (Å²) in [4.78, 5) is 16.4. The summed E-state index contributed by atoms with van der Waals surface area (Å²) in [7, 11) is 3.39. The van der Waals surface area contributed by atoms with Crippen LogP contribution in [0.2, 0.25) is 0 Å². The maximum absolute atomic E-state index is 12.0. The molecule has 2 N–H and O–H groups in total. The first kappa shape index (κ1) is 16.7. The highest BCUT2D eigenvalue weighted by atomic mass is 79.9. The van der Waals surface area contributed by atoms with Gasteiger partial charge in [-0.05, 0) is 33.6 Å². The standard InChI is InChI=1S/C15H19BrN4O2/c1-20-10-12(16)7-13(15(20)21)19-14-4-3-11(9-18-14)8-17-5-6-22-2/h3-4,7,9-10,17H,5-6,8H2,1-2H3,(H,18,19). The summed E-state index contributed by atoms with van der Waals surface area (Å²) in [6.07, 6.45) is 3.50. The summed E-state index contributed by atoms with van der Waals surface area (Å²) >= 11 is 3.37. The van der Waals surface area contributed by atoms with Crippen molar-refractivity contribution in [2.24, 2.45) is 7.05 Å². The van der Waals surface area contributed by atoms with Crippen LogP contribution < -0.4 is 16.2 Å². The molecule has 0 saturated carbocycles. The molecule has 2 aromatic rings. The summed E-state index contributed by atoms with van der Waals surface area (Å²) in [5.74, 6) is 0.635. The van der Waals surface area contributed by atoms with Crippen LogP contribution >= 0.6 is 15.9 Å². The first-order chi connectivity index (χ1) is 10.6. The second-order valence-electron chi connectivity index (χ2n) is 4.83. The van der Waals surface area contributed by atoms with Crippen LogP contribution in [-0.2, 0) is 18.3 Å². The fourth-order valence-electron chi connectivity index (χ4n) is 1.91. The zero-order chi connectivity index (χ0) is 15.9. The number of hydrogen-bond donors (Lipinski definition) is 2. The highest BCUT2D eigenvalue weighted by Crippen LogP contribution is 2.15. The molecule has 0 atom stereocenters. The van der Waals surface area contributed by atoms with E-state index in [4.69, 9.17) is 4.74 Å². The predicted octanol–water partition coefficient (Wildman–Crippen LogP) is 2.02. The van der Waals surface area contributed by atoms with Gasteiger partial charge in [-0.1, -0.05) is 6.07 Å². The molecule has 118 valence electrons. The third kappa shape index (κ3) is 4.66. The van der Waals surface area contributed by atoms with E-state index in [0.29, 0.717) is 18.1 Å². The van der Waals surface area contributed by atoms with Gasteiger partial charge in [-0.15, -0.1) is 0 Å². The molecule has 2 rings (SSSR count). The molecule has 0 aromatic carbocycles. The average molecular weight is 367 g/mol. The van der Waals surface area contributed by atoms with Gasteiger partial charge in [0.25, 0.3) is 5.56 Å². The van der Waals surface area contributed by atoms with Crippen molar-refractivity contribution in [1.29, 1.82) is 0 Å². The van der Waals surface area contributed by atoms with Crippen molar-refractivity contribution in [3.8, 4) is 0 Å². The number of ether oxygens (including phenoxy) is 1. The van der Waals surface area contributed by atoms with Gasteiger partial charge in [0.05, 0.1) is 6.61 Å². The van der Waals surface area contributed by atoms with Crippen LogP contribution in [0.4, 0.5) is 11.5 Å². The minimum atomic E-state index is -0.102. The van der Waals surface area contributed by atoms with Crippen molar-refractivity contribution < 1.29 is 4.74 Å². The van der Waals surface area contributed by atoms with Crippen molar-refractivity contribution in [2.45, 2.75) is 6.54 Å². The molecule has 0 spiro atoms. The summed E-state index contributed by atoms with van der Waals surface area (Å²) in [5.41, 5.74) is 1.45. The van der Waals surface area contributed by atoms with Gasteiger partial charge in [0.15, 0.2) is 0 Å². The normalized spacial score (nSPS) is 10.7. The van der Waals surface area contributed by atoms with Gasteiger partial charge < -0.3 is 19.9 Å². The smallest absolute Gasteiger partial charge is 0.274 e. The minimum Gasteiger partial charge on any atom is -0.383 e. The van der Waals surface area contributed by atoms with Gasteiger partial charge in [0.2, 0.25) is 0 Å². The van der Waals surface area contributed by atoms with Crippen molar-refractivity contribution in [1.82, 2.24) is 14.9 Å². The summed E-state index contributed by atoms with van der Waals surface area (Å²) in [5, 5.41) is 6.29. The average Bonchev–Trinajstić information content (AvgIpc) is 2.50. The number of anilines is 2. The molecule has 2 aromatic heterocycles. The molecule has 6 nitrogen and oxygen atoms in total. The van der Waals surface area contributed by atoms with Gasteiger partial charge in [0, 0.05) is 44.1 Å². The Morgan fingerprint density at radius 3 is 2.91 bits per heavy atom. The Hall–Kier alpha value is -1.70. The Balaban J connectivity index is 2.01. The molecule has 0 amide bonds. The van der Waals surface area contributed by atoms with E-state index < -0.39 is 0 Å². The monoisotopic (exact) mass is 366 g/mol. The molecular weight excluding hydrogens is 348 g/mol. The zero-order valence-corrected chi connectivity index (χ0v) is 14.2. The van der Waals surface area contributed by atoms with Crippen LogP contribution in [0.15, 0.2) is 39.9 Å². The molecule has 0 aliphatic heterocycles. The number of aryl methyl sites for hydroxylation is 1. The summed E-state index contributed by atoms with van der Waals surface area (Å²) < 4.78 is 7.32. The Labute approximate surface area is 137 Å². The summed E-state index contributed by atoms with van der Waals surface area (Å²) in [6.45, 7) is 2.21. The Kier molecular flexibility index (Phi) is 6.11. The third-order valence-corrected chi connectivity index (χ3v) is 3.48. The zero-order valence-electron chi connectivity index (χ0n) is 12.6. The molecule has 0 saturated heterocycles. The lowest BCUT2D eigenvalue weighted by Gasteiger charge is -2.09. The van der Waals surface area contributed by atoms with Gasteiger partial charge >= 0.3 is 0 Å². The molecule has 0 aliphatic carbocycles. The second kappa shape index (κ2) is 8.07. The Morgan fingerprint density at radius 1 is 1.41 bits per heavy atom. The maximum atomic E-state index is 12.0. The Morgan fingerprint density at radius 2 is 2.23 bits per heavy atom. The van der Waals surface area contributed by atoms with E-state index >= 15 is 0 Å². The van der Waals surface area contributed by atoms with Gasteiger partial charge in [-0.25, -0.2) is 4.98 Å². The molecule has 0 unspecified atom stereocenters. The van der Waals surface area contributed by atoms with Crippen LogP contribution in [-0.4, -0.2) is 29.8 Å². The van der Waals surface area contributed by atoms with E-state index in [-0.39, 0.29) is 5.56 Å². The number of nitrogens with zero attached hydrogens (tertiary/aromatic N) is 2. The van der Waals surface area contributed by atoms with Gasteiger partial charge in [-0.2, -0.15) is 0 Å². The third-order valence-electron chi connectivity index (χ3n) is 3.05. The maximum Gasteiger partial charge on any atom is 0.274 e. The topological polar surface area (TPSA) is 68.2 Å². The molecule has 0 radical (unpaired) electrons. The number of pyridine rings is 2. The van der Waals surface area contributed by atoms with E-state index in [1.165, 1.54) is 4.57 Å². The first-order valence-electron chi connectivity index (χ1n) is 6.88. The van der Waals surface area contributed by atoms with Crippen molar-refractivity contribution in [3.05, 3.63) is 51.0 Å². The fourth-order valence-corrected chi connectivity index (χ4v) is 2.44. The van der Waals surface area contributed by atoms with E-state index in [2.05, 4.69) is 31.5 Å². The highest BCUT2D eigenvalue weighted by molar-refractivity contribution is 9.10. The van der Waals surface area contributed by atoms with Crippen molar-refractivity contribution >= 4 is 27.4 Å². The van der Waals surface area contributed by atoms with E-state index in [1.54, 1.807) is 32.6 Å². The van der Waals surface area contributed by atoms with Crippen molar-refractivity contribution in [2.75, 3.05) is 25.6 Å². The van der Waals surface area contributed by atoms with E-state index in [1.807, 2.05) is 12.1 Å². The van der Waals surface area contributed by atoms with Crippen LogP contribution in [0.1, 0.15) is 5.56 Å². The summed E-state index contributed by atoms with van der Waals surface area (Å²) in [6, 6.07) is 5.56. The van der Waals surface area contributed by atoms with Crippen LogP contribution in [0, 0.1) is 0 Å². The fraction of sp³-hybridized carbons (Fsp3) is 0.333. The predicted molar refractivity (Wildman–Crippen MR) is 90.5 cm³/mol. The molecule has 0 aliphatic rings. The molecule has 2 heterocycles. The molecule has 22 heavy (non-hydrogen) atoms. The lowest BCUT2D eigenvalue weighted by Crippen LogP contribution is -2.19. The molecule has 0 fully saturated rings. The second-order valence-corrected chi connectivity index (χ2v) is 5.75. The number of hydrogen-bond acceptors (Lipinski definition) is 5. The number of rotatable bonds is 7. The molecule has 7 heteroatoms. The molecular formula is C15H19BrN4O2. The Bertz CT molecular complexity index is 670. The number of methoxy groups -OCH3 is 1. The minimum absolute atomic E-state index is 0.102. The lowest BCUT2D eigenvalue weighted by atomic mass is 10.3. The lowest BCUT2D eigenvalue weighted by molar-refractivity contribution is 0.199. The van der Waals surface area contributed by atoms with Crippen molar-refractivity contribution in [3.63, 3.8) is 0 Å². The number of aromatic nitrogens is 2. The van der Waals surface area contributed by atoms with Crippen LogP contribution in [0.3, 0.4) is 0 Å². The number of halogens is 1. The SMILES string of the molecule is COCCNCc1ccc(Nc2cc(Br)cn(C)c2=O)nc1. The van der Waals surface area contributed by atoms with Crippen LogP contribution in [0.25, 0.3) is 0 Å². The van der Waals surface area contributed by atoms with E-state index in [9.17, 15) is 4.79 Å². The van der Waals surface area contributed by atoms with Gasteiger partial charge in [-0.3, -0.25) is 4.79 Å². The van der Waals surface area contributed by atoms with Gasteiger partial charge in [0.1, 0.15) is 11.5 Å². The molecule has 0 bridgehead atoms. The quantitative estimate of drug-likeness (QED) is 0.733. The van der Waals surface area contributed by atoms with E-state index in [0.717, 1.165) is 23.1 Å². The first-order valence-corrected chi connectivity index (χ1v) is 7.67. The largest absolute Gasteiger partial charge is 0.383 e. The number of nitrogens with one attached hydrogen (secondary N) is 2. The highest BCUT2D eigenvalue weighted by Gasteiger charge is 2.05. The van der Waals surface area contributed by atoms with Crippen LogP contribution in [0.5, 0.6) is 0 Å².